The van der Waals surface area contributed by atoms with Crippen molar-refractivity contribution < 1.29 is 9.50 Å². The lowest BCUT2D eigenvalue weighted by Gasteiger charge is -2.23. The predicted molar refractivity (Wildman–Crippen MR) is 63.1 cm³/mol. The van der Waals surface area contributed by atoms with E-state index >= 15 is 0 Å². The van der Waals surface area contributed by atoms with Crippen molar-refractivity contribution >= 4 is 11.8 Å². The molecular weight excluding hydrogens is 223 g/mol. The number of rotatable bonds is 1. The van der Waals surface area contributed by atoms with E-state index in [1.165, 1.54) is 0 Å². The molecule has 0 spiro atoms. The van der Waals surface area contributed by atoms with Crippen molar-refractivity contribution in [1.29, 1.82) is 0 Å². The number of anilines is 2. The van der Waals surface area contributed by atoms with Gasteiger partial charge in [-0.2, -0.15) is 4.98 Å². The maximum Gasteiger partial charge on any atom is 0.222 e. The second-order valence-electron chi connectivity index (χ2n) is 4.74. The number of nitrogen functional groups attached to an aromatic ring is 1. The first kappa shape index (κ1) is 12.0. The molecule has 94 valence electrons. The Balaban J connectivity index is 2.19. The van der Waals surface area contributed by atoms with Gasteiger partial charge in [0.2, 0.25) is 5.95 Å². The molecule has 0 aromatic carbocycles. The van der Waals surface area contributed by atoms with Crippen molar-refractivity contribution in [3.05, 3.63) is 12.0 Å². The summed E-state index contributed by atoms with van der Waals surface area (Å²) in [6, 6.07) is 0. The third kappa shape index (κ3) is 2.82. The zero-order valence-corrected chi connectivity index (χ0v) is 9.86. The summed E-state index contributed by atoms with van der Waals surface area (Å²) in [5, 5.41) is 9.97. The number of nitrogens with zero attached hydrogens (tertiary/aromatic N) is 3. The number of aromatic nitrogens is 2. The molecule has 0 amide bonds. The van der Waals surface area contributed by atoms with Gasteiger partial charge >= 0.3 is 0 Å². The zero-order valence-electron chi connectivity index (χ0n) is 9.86. The van der Waals surface area contributed by atoms with Crippen LogP contribution in [-0.4, -0.2) is 33.8 Å². The fourth-order valence-electron chi connectivity index (χ4n) is 2.07. The summed E-state index contributed by atoms with van der Waals surface area (Å²) in [6.07, 6.45) is 3.19. The van der Waals surface area contributed by atoms with Gasteiger partial charge in [-0.15, -0.1) is 0 Å². The van der Waals surface area contributed by atoms with Crippen LogP contribution in [0.3, 0.4) is 0 Å². The Labute approximate surface area is 99.5 Å². The number of hydrogen-bond acceptors (Lipinski definition) is 5. The summed E-state index contributed by atoms with van der Waals surface area (Å²) in [5.74, 6) is -0.173. The Morgan fingerprint density at radius 1 is 1.47 bits per heavy atom. The lowest BCUT2D eigenvalue weighted by Crippen LogP contribution is -2.29. The Morgan fingerprint density at radius 3 is 3.00 bits per heavy atom. The molecule has 1 unspecified atom stereocenters. The molecule has 0 radical (unpaired) electrons. The third-order valence-corrected chi connectivity index (χ3v) is 3.11. The van der Waals surface area contributed by atoms with Crippen LogP contribution in [-0.2, 0) is 0 Å². The van der Waals surface area contributed by atoms with Crippen LogP contribution >= 0.6 is 0 Å². The van der Waals surface area contributed by atoms with E-state index in [1.807, 2.05) is 4.90 Å². The van der Waals surface area contributed by atoms with E-state index in [-0.39, 0.29) is 11.8 Å². The number of halogens is 1. The normalized spacial score (nSPS) is 25.7. The van der Waals surface area contributed by atoms with E-state index in [4.69, 9.17) is 5.73 Å². The molecule has 0 bridgehead atoms. The van der Waals surface area contributed by atoms with Crippen LogP contribution in [0.4, 0.5) is 16.2 Å². The highest BCUT2D eigenvalue weighted by atomic mass is 19.1. The SMILES string of the molecule is CC1(O)CCCN(c2nc(N)ncc2F)CC1. The van der Waals surface area contributed by atoms with Crippen LogP contribution in [0.15, 0.2) is 6.20 Å². The summed E-state index contributed by atoms with van der Waals surface area (Å²) in [7, 11) is 0. The highest BCUT2D eigenvalue weighted by molar-refractivity contribution is 5.42. The molecule has 1 fully saturated rings. The van der Waals surface area contributed by atoms with Gasteiger partial charge in [0.05, 0.1) is 11.8 Å². The molecule has 1 aliphatic rings. The quantitative estimate of drug-likeness (QED) is 0.764. The lowest BCUT2D eigenvalue weighted by atomic mass is 9.98. The van der Waals surface area contributed by atoms with Crippen molar-refractivity contribution in [1.82, 2.24) is 9.97 Å². The Bertz CT molecular complexity index is 410. The van der Waals surface area contributed by atoms with Gasteiger partial charge in [-0.05, 0) is 26.2 Å². The van der Waals surface area contributed by atoms with E-state index in [0.29, 0.717) is 25.9 Å². The second kappa shape index (κ2) is 4.44. The van der Waals surface area contributed by atoms with Crippen LogP contribution in [0.2, 0.25) is 0 Å². The van der Waals surface area contributed by atoms with Gasteiger partial charge < -0.3 is 15.7 Å². The molecule has 2 rings (SSSR count). The van der Waals surface area contributed by atoms with Crippen LogP contribution in [0, 0.1) is 5.82 Å². The second-order valence-corrected chi connectivity index (χ2v) is 4.74. The summed E-state index contributed by atoms with van der Waals surface area (Å²) in [6.45, 7) is 3.05. The van der Waals surface area contributed by atoms with Gasteiger partial charge in [0.1, 0.15) is 0 Å². The van der Waals surface area contributed by atoms with Crippen molar-refractivity contribution in [3.63, 3.8) is 0 Å². The van der Waals surface area contributed by atoms with Gasteiger partial charge in [0.25, 0.3) is 0 Å². The topological polar surface area (TPSA) is 75.3 Å². The van der Waals surface area contributed by atoms with Crippen LogP contribution in [0.1, 0.15) is 26.2 Å². The van der Waals surface area contributed by atoms with Crippen molar-refractivity contribution in [3.8, 4) is 0 Å². The maximum absolute atomic E-state index is 13.6. The van der Waals surface area contributed by atoms with Gasteiger partial charge in [-0.25, -0.2) is 9.37 Å². The van der Waals surface area contributed by atoms with E-state index in [9.17, 15) is 9.50 Å². The van der Waals surface area contributed by atoms with E-state index < -0.39 is 11.4 Å². The van der Waals surface area contributed by atoms with Gasteiger partial charge in [-0.1, -0.05) is 0 Å². The molecule has 0 saturated carbocycles. The van der Waals surface area contributed by atoms with Crippen LogP contribution in [0.25, 0.3) is 0 Å². The standard InChI is InChI=1S/C11H17FN4O/c1-11(17)3-2-5-16(6-4-11)9-8(12)7-14-10(13)15-9/h7,17H,2-6H2,1H3,(H2,13,14,15). The molecular formula is C11H17FN4O. The molecule has 1 aromatic heterocycles. The molecule has 1 saturated heterocycles. The summed E-state index contributed by atoms with van der Waals surface area (Å²) < 4.78 is 13.6. The molecule has 0 aliphatic carbocycles. The highest BCUT2D eigenvalue weighted by Gasteiger charge is 2.26. The molecule has 1 aromatic rings. The lowest BCUT2D eigenvalue weighted by molar-refractivity contribution is 0.0481. The highest BCUT2D eigenvalue weighted by Crippen LogP contribution is 2.25. The number of nitrogens with two attached hydrogens (primary N) is 1. The Hall–Kier alpha value is -1.43. The van der Waals surface area contributed by atoms with Crippen molar-refractivity contribution in [2.45, 2.75) is 31.8 Å². The maximum atomic E-state index is 13.6. The van der Waals surface area contributed by atoms with Crippen LogP contribution < -0.4 is 10.6 Å². The molecule has 6 heteroatoms. The number of hydrogen-bond donors (Lipinski definition) is 2. The Kier molecular flexibility index (Phi) is 3.15. The first-order chi connectivity index (χ1) is 7.98. The molecule has 5 nitrogen and oxygen atoms in total. The molecule has 2 heterocycles. The Morgan fingerprint density at radius 2 is 2.24 bits per heavy atom. The first-order valence-corrected chi connectivity index (χ1v) is 5.73. The fourth-order valence-corrected chi connectivity index (χ4v) is 2.07. The summed E-state index contributed by atoms with van der Waals surface area (Å²) >= 11 is 0. The fraction of sp³-hybridized carbons (Fsp3) is 0.636. The molecule has 17 heavy (non-hydrogen) atoms. The van der Waals surface area contributed by atoms with Crippen molar-refractivity contribution in [2.75, 3.05) is 23.7 Å². The minimum Gasteiger partial charge on any atom is -0.390 e. The van der Waals surface area contributed by atoms with E-state index in [2.05, 4.69) is 9.97 Å². The zero-order chi connectivity index (χ0) is 12.5. The van der Waals surface area contributed by atoms with Gasteiger partial charge in [0.15, 0.2) is 11.6 Å². The monoisotopic (exact) mass is 240 g/mol. The smallest absolute Gasteiger partial charge is 0.222 e. The number of aliphatic hydroxyl groups is 1. The average Bonchev–Trinajstić information content (AvgIpc) is 2.43. The van der Waals surface area contributed by atoms with Gasteiger partial charge in [-0.3, -0.25) is 0 Å². The summed E-state index contributed by atoms with van der Waals surface area (Å²) in [4.78, 5) is 9.34. The van der Waals surface area contributed by atoms with Gasteiger partial charge in [0, 0.05) is 13.1 Å². The average molecular weight is 240 g/mol. The minimum absolute atomic E-state index is 0.0670. The largest absolute Gasteiger partial charge is 0.390 e. The van der Waals surface area contributed by atoms with E-state index in [1.54, 1.807) is 6.92 Å². The molecule has 1 aliphatic heterocycles. The summed E-state index contributed by atoms with van der Waals surface area (Å²) in [5.41, 5.74) is 4.78. The third-order valence-electron chi connectivity index (χ3n) is 3.11. The molecule has 1 atom stereocenters. The first-order valence-electron chi connectivity index (χ1n) is 5.73. The van der Waals surface area contributed by atoms with Crippen LogP contribution in [0.5, 0.6) is 0 Å². The predicted octanol–water partition coefficient (Wildman–Crippen LogP) is 0.939. The minimum atomic E-state index is -0.677. The van der Waals surface area contributed by atoms with E-state index in [0.717, 1.165) is 12.6 Å². The molecule has 3 N–H and O–H groups in total. The van der Waals surface area contributed by atoms with Crippen molar-refractivity contribution in [2.24, 2.45) is 0 Å².